The second-order valence-electron chi connectivity index (χ2n) is 7.74. The van der Waals surface area contributed by atoms with Gasteiger partial charge in [-0.15, -0.1) is 0 Å². The van der Waals surface area contributed by atoms with Gasteiger partial charge in [-0.25, -0.2) is 17.9 Å². The van der Waals surface area contributed by atoms with Crippen LogP contribution < -0.4 is 4.72 Å². The minimum absolute atomic E-state index is 0.0162. The Bertz CT molecular complexity index is 809. The van der Waals surface area contributed by atoms with Crippen molar-refractivity contribution in [1.82, 2.24) is 9.62 Å². The lowest BCUT2D eigenvalue weighted by atomic mass is 9.92. The maximum atomic E-state index is 12.3. The van der Waals surface area contributed by atoms with Crippen LogP contribution in [0.3, 0.4) is 0 Å². The molecule has 8 heteroatoms. The maximum absolute atomic E-state index is 12.3. The van der Waals surface area contributed by atoms with E-state index in [0.717, 1.165) is 19.3 Å². The summed E-state index contributed by atoms with van der Waals surface area (Å²) in [6.45, 7) is 5.20. The number of carbonyl (C=O) groups is 2. The van der Waals surface area contributed by atoms with Gasteiger partial charge in [-0.05, 0) is 49.3 Å². The SMILES string of the molecule is CC1CC(C)CN(C(=O)COC(=O)c2cccc(S(=O)(=O)NC3CC3)c2)C1. The zero-order valence-corrected chi connectivity index (χ0v) is 16.5. The van der Waals surface area contributed by atoms with Gasteiger partial charge < -0.3 is 9.64 Å². The van der Waals surface area contributed by atoms with Gasteiger partial charge in [0, 0.05) is 19.1 Å². The number of piperidine rings is 1. The predicted molar refractivity (Wildman–Crippen MR) is 99.6 cm³/mol. The minimum Gasteiger partial charge on any atom is -0.452 e. The van der Waals surface area contributed by atoms with Crippen LogP contribution in [-0.2, 0) is 19.6 Å². The molecule has 1 aromatic rings. The van der Waals surface area contributed by atoms with E-state index in [4.69, 9.17) is 4.74 Å². The van der Waals surface area contributed by atoms with E-state index in [9.17, 15) is 18.0 Å². The fraction of sp³-hybridized carbons (Fsp3) is 0.579. The van der Waals surface area contributed by atoms with E-state index in [2.05, 4.69) is 18.6 Å². The number of ether oxygens (including phenoxy) is 1. The number of hydrogen-bond acceptors (Lipinski definition) is 5. The van der Waals surface area contributed by atoms with Crippen LogP contribution in [0.1, 0.15) is 43.5 Å². The quantitative estimate of drug-likeness (QED) is 0.743. The highest BCUT2D eigenvalue weighted by atomic mass is 32.2. The monoisotopic (exact) mass is 394 g/mol. The van der Waals surface area contributed by atoms with Crippen LogP contribution in [0, 0.1) is 11.8 Å². The summed E-state index contributed by atoms with van der Waals surface area (Å²) in [5, 5.41) is 0. The van der Waals surface area contributed by atoms with E-state index in [1.807, 2.05) is 0 Å². The molecule has 2 atom stereocenters. The Hall–Kier alpha value is -1.93. The third kappa shape index (κ3) is 5.29. The Kier molecular flexibility index (Phi) is 5.86. The Morgan fingerprint density at radius 2 is 1.85 bits per heavy atom. The first-order chi connectivity index (χ1) is 12.7. The van der Waals surface area contributed by atoms with Crippen molar-refractivity contribution in [3.8, 4) is 0 Å². The molecule has 1 saturated carbocycles. The van der Waals surface area contributed by atoms with Crippen LogP contribution in [0.5, 0.6) is 0 Å². The smallest absolute Gasteiger partial charge is 0.338 e. The third-order valence-corrected chi connectivity index (χ3v) is 6.35. The van der Waals surface area contributed by atoms with Crippen LogP contribution >= 0.6 is 0 Å². The molecular formula is C19H26N2O5S. The molecule has 0 aromatic heterocycles. The van der Waals surface area contributed by atoms with Crippen molar-refractivity contribution in [2.75, 3.05) is 19.7 Å². The molecule has 2 fully saturated rings. The van der Waals surface area contributed by atoms with Crippen molar-refractivity contribution in [2.24, 2.45) is 11.8 Å². The molecule has 148 valence electrons. The van der Waals surface area contributed by atoms with Crippen molar-refractivity contribution < 1.29 is 22.7 Å². The molecule has 1 aliphatic carbocycles. The lowest BCUT2D eigenvalue weighted by Crippen LogP contribution is -2.44. The number of esters is 1. The molecule has 1 aromatic carbocycles. The minimum atomic E-state index is -3.65. The molecule has 1 N–H and O–H groups in total. The highest BCUT2D eigenvalue weighted by molar-refractivity contribution is 7.89. The summed E-state index contributed by atoms with van der Waals surface area (Å²) < 4.78 is 32.2. The van der Waals surface area contributed by atoms with Gasteiger partial charge in [-0.2, -0.15) is 0 Å². The van der Waals surface area contributed by atoms with Gasteiger partial charge in [0.05, 0.1) is 10.5 Å². The summed E-state index contributed by atoms with van der Waals surface area (Å²) in [6, 6.07) is 5.67. The Morgan fingerprint density at radius 3 is 2.48 bits per heavy atom. The Morgan fingerprint density at radius 1 is 1.19 bits per heavy atom. The molecule has 1 heterocycles. The van der Waals surface area contributed by atoms with Crippen molar-refractivity contribution in [3.05, 3.63) is 29.8 Å². The standard InChI is InChI=1S/C19H26N2O5S/c1-13-8-14(2)11-21(10-13)18(22)12-26-19(23)15-4-3-5-17(9-15)27(24,25)20-16-6-7-16/h3-5,9,13-14,16,20H,6-8,10-12H2,1-2H3. The van der Waals surface area contributed by atoms with Gasteiger partial charge in [0.2, 0.25) is 10.0 Å². The zero-order chi connectivity index (χ0) is 19.6. The lowest BCUT2D eigenvalue weighted by molar-refractivity contribution is -0.137. The van der Waals surface area contributed by atoms with E-state index < -0.39 is 16.0 Å². The largest absolute Gasteiger partial charge is 0.452 e. The zero-order valence-electron chi connectivity index (χ0n) is 15.7. The van der Waals surface area contributed by atoms with E-state index >= 15 is 0 Å². The number of carbonyl (C=O) groups excluding carboxylic acids is 2. The third-order valence-electron chi connectivity index (χ3n) is 4.83. The first kappa shape index (κ1) is 19.8. The van der Waals surface area contributed by atoms with E-state index in [1.54, 1.807) is 4.90 Å². The number of nitrogens with one attached hydrogen (secondary N) is 1. The van der Waals surface area contributed by atoms with Crippen LogP contribution in [-0.4, -0.2) is 50.9 Å². The van der Waals surface area contributed by atoms with Crippen LogP contribution in [0.15, 0.2) is 29.2 Å². The molecule has 0 radical (unpaired) electrons. The molecule has 1 aliphatic heterocycles. The van der Waals surface area contributed by atoms with Crippen molar-refractivity contribution in [2.45, 2.75) is 44.0 Å². The van der Waals surface area contributed by atoms with Gasteiger partial charge in [-0.1, -0.05) is 19.9 Å². The first-order valence-electron chi connectivity index (χ1n) is 9.32. The molecule has 3 rings (SSSR count). The molecule has 1 saturated heterocycles. The van der Waals surface area contributed by atoms with Gasteiger partial charge >= 0.3 is 5.97 Å². The number of likely N-dealkylation sites (tertiary alicyclic amines) is 1. The van der Waals surface area contributed by atoms with Crippen molar-refractivity contribution >= 4 is 21.9 Å². The molecule has 1 amide bonds. The van der Waals surface area contributed by atoms with Gasteiger partial charge in [0.1, 0.15) is 0 Å². The van der Waals surface area contributed by atoms with E-state index in [1.165, 1.54) is 24.3 Å². The number of rotatable bonds is 6. The average molecular weight is 394 g/mol. The highest BCUT2D eigenvalue weighted by Gasteiger charge is 2.29. The Labute approximate surface area is 160 Å². The lowest BCUT2D eigenvalue weighted by Gasteiger charge is -2.34. The number of benzene rings is 1. The molecule has 7 nitrogen and oxygen atoms in total. The molecule has 27 heavy (non-hydrogen) atoms. The first-order valence-corrected chi connectivity index (χ1v) is 10.8. The van der Waals surface area contributed by atoms with Gasteiger partial charge in [0.15, 0.2) is 6.61 Å². The van der Waals surface area contributed by atoms with E-state index in [-0.39, 0.29) is 29.0 Å². The molecule has 2 aliphatic rings. The van der Waals surface area contributed by atoms with Crippen molar-refractivity contribution in [1.29, 1.82) is 0 Å². The number of amides is 1. The van der Waals surface area contributed by atoms with Crippen LogP contribution in [0.2, 0.25) is 0 Å². The van der Waals surface area contributed by atoms with Crippen LogP contribution in [0.25, 0.3) is 0 Å². The predicted octanol–water partition coefficient (Wildman–Crippen LogP) is 1.79. The second kappa shape index (κ2) is 7.98. The summed E-state index contributed by atoms with van der Waals surface area (Å²) in [4.78, 5) is 26.3. The summed E-state index contributed by atoms with van der Waals surface area (Å²) in [5.41, 5.74) is 0.113. The van der Waals surface area contributed by atoms with Gasteiger partial charge in [-0.3, -0.25) is 4.79 Å². The number of hydrogen-bond donors (Lipinski definition) is 1. The van der Waals surface area contributed by atoms with Gasteiger partial charge in [0.25, 0.3) is 5.91 Å². The average Bonchev–Trinajstić information content (AvgIpc) is 3.42. The second-order valence-corrected chi connectivity index (χ2v) is 9.46. The molecule has 0 spiro atoms. The number of sulfonamides is 1. The fourth-order valence-electron chi connectivity index (χ4n) is 3.45. The fourth-order valence-corrected chi connectivity index (χ4v) is 4.80. The molecule has 0 bridgehead atoms. The summed E-state index contributed by atoms with van der Waals surface area (Å²) >= 11 is 0. The number of nitrogens with zero attached hydrogens (tertiary/aromatic N) is 1. The summed E-state index contributed by atoms with van der Waals surface area (Å²) in [7, 11) is -3.65. The maximum Gasteiger partial charge on any atom is 0.338 e. The highest BCUT2D eigenvalue weighted by Crippen LogP contribution is 2.23. The normalized spacial score (nSPS) is 23.1. The summed E-state index contributed by atoms with van der Waals surface area (Å²) in [6.07, 6.45) is 2.74. The van der Waals surface area contributed by atoms with Crippen LogP contribution in [0.4, 0.5) is 0 Å². The summed E-state index contributed by atoms with van der Waals surface area (Å²) in [5.74, 6) is -0.0747. The molecule has 2 unspecified atom stereocenters. The molecular weight excluding hydrogens is 368 g/mol. The Balaban J connectivity index is 1.59. The van der Waals surface area contributed by atoms with E-state index in [0.29, 0.717) is 24.9 Å². The van der Waals surface area contributed by atoms with Crippen molar-refractivity contribution in [3.63, 3.8) is 0 Å². The topological polar surface area (TPSA) is 92.8 Å².